The number of carboxylic acid groups (broad SMARTS) is 1. The van der Waals surface area contributed by atoms with E-state index in [-0.39, 0.29) is 21.3 Å². The predicted molar refractivity (Wildman–Crippen MR) is 109 cm³/mol. The van der Waals surface area contributed by atoms with Gasteiger partial charge in [0.25, 0.3) is 5.60 Å². The third-order valence-electron chi connectivity index (χ3n) is 4.57. The van der Waals surface area contributed by atoms with E-state index in [1.165, 1.54) is 12.3 Å². The van der Waals surface area contributed by atoms with Gasteiger partial charge < -0.3 is 14.8 Å². The van der Waals surface area contributed by atoms with Gasteiger partial charge >= 0.3 is 12.1 Å². The number of hydrogen-bond donors (Lipinski definition) is 1. The monoisotopic (exact) mass is 474 g/mol. The third-order valence-corrected chi connectivity index (χ3v) is 5.01. The van der Waals surface area contributed by atoms with Crippen molar-refractivity contribution < 1.29 is 32.7 Å². The number of rotatable bonds is 6. The van der Waals surface area contributed by atoms with Crippen molar-refractivity contribution in [3.63, 3.8) is 0 Å². The molecule has 1 atom stereocenters. The van der Waals surface area contributed by atoms with Crippen LogP contribution in [-0.4, -0.2) is 35.8 Å². The molecule has 0 radical (unpaired) electrons. The summed E-state index contributed by atoms with van der Waals surface area (Å²) in [5.74, 6) is -1.17. The van der Waals surface area contributed by atoms with Gasteiger partial charge in [0.05, 0.1) is 11.9 Å². The fourth-order valence-electron chi connectivity index (χ4n) is 3.03. The molecule has 31 heavy (non-hydrogen) atoms. The van der Waals surface area contributed by atoms with Crippen LogP contribution in [0.2, 0.25) is 10.0 Å². The van der Waals surface area contributed by atoms with Crippen molar-refractivity contribution in [1.82, 2.24) is 0 Å². The zero-order valence-corrected chi connectivity index (χ0v) is 17.4. The Balaban J connectivity index is 1.87. The Bertz CT molecular complexity index is 1050. The summed E-state index contributed by atoms with van der Waals surface area (Å²) in [5.41, 5.74) is -1.17. The number of aryl methyl sites for hydroxylation is 1. The van der Waals surface area contributed by atoms with E-state index in [0.717, 1.165) is 12.1 Å². The average Bonchev–Trinajstić information content (AvgIpc) is 3.12. The van der Waals surface area contributed by atoms with Crippen molar-refractivity contribution in [1.29, 1.82) is 0 Å². The lowest BCUT2D eigenvalue weighted by Crippen LogP contribution is -2.42. The molecule has 2 aromatic carbocycles. The van der Waals surface area contributed by atoms with Crippen LogP contribution in [0.1, 0.15) is 28.7 Å². The predicted octanol–water partition coefficient (Wildman–Crippen LogP) is 5.32. The standard InChI is InChI=1S/C20H15Cl2F3N2O4/c1-11-4-12(2-3-13(11)9-26-30-10-18(28)29)17-8-19(31-27-17,20(23,24)25)14-5-15(21)7-16(22)6-14/h2-7,9H,8,10H2,1H3,(H,28,29)/b26-9-. The quantitative estimate of drug-likeness (QED) is 0.453. The molecule has 1 unspecified atom stereocenters. The van der Waals surface area contributed by atoms with Gasteiger partial charge in [-0.25, -0.2) is 4.79 Å². The summed E-state index contributed by atoms with van der Waals surface area (Å²) in [6.07, 6.45) is -4.04. The minimum atomic E-state index is -4.78. The van der Waals surface area contributed by atoms with E-state index in [9.17, 15) is 18.0 Å². The van der Waals surface area contributed by atoms with E-state index in [2.05, 4.69) is 15.1 Å². The minimum Gasteiger partial charge on any atom is -0.479 e. The van der Waals surface area contributed by atoms with E-state index in [0.29, 0.717) is 16.7 Å². The number of carboxylic acids is 1. The lowest BCUT2D eigenvalue weighted by molar-refractivity contribution is -0.275. The molecular weight excluding hydrogens is 460 g/mol. The van der Waals surface area contributed by atoms with Crippen LogP contribution >= 0.6 is 23.2 Å². The number of nitrogens with zero attached hydrogens (tertiary/aromatic N) is 2. The minimum absolute atomic E-state index is 0.0489. The summed E-state index contributed by atoms with van der Waals surface area (Å²) in [7, 11) is 0. The van der Waals surface area contributed by atoms with Gasteiger partial charge in [-0.15, -0.1) is 0 Å². The molecule has 0 fully saturated rings. The second-order valence-corrected chi connectivity index (χ2v) is 7.63. The van der Waals surface area contributed by atoms with Crippen LogP contribution in [0.25, 0.3) is 0 Å². The molecule has 0 spiro atoms. The van der Waals surface area contributed by atoms with Crippen molar-refractivity contribution in [2.45, 2.75) is 25.1 Å². The smallest absolute Gasteiger partial charge is 0.435 e. The van der Waals surface area contributed by atoms with Crippen LogP contribution < -0.4 is 0 Å². The number of aliphatic carboxylic acids is 1. The van der Waals surface area contributed by atoms with Crippen LogP contribution in [0.15, 0.2) is 46.7 Å². The Morgan fingerprint density at radius 1 is 1.29 bits per heavy atom. The largest absolute Gasteiger partial charge is 0.479 e. The van der Waals surface area contributed by atoms with Gasteiger partial charge in [0, 0.05) is 22.0 Å². The zero-order valence-electron chi connectivity index (χ0n) is 15.9. The molecule has 2 aromatic rings. The Hall–Kier alpha value is -2.78. The molecule has 1 aliphatic rings. The highest BCUT2D eigenvalue weighted by molar-refractivity contribution is 6.34. The van der Waals surface area contributed by atoms with E-state index in [4.69, 9.17) is 33.1 Å². The van der Waals surface area contributed by atoms with Gasteiger partial charge in [0.15, 0.2) is 0 Å². The molecule has 0 saturated carbocycles. The number of oxime groups is 2. The van der Waals surface area contributed by atoms with E-state index >= 15 is 0 Å². The SMILES string of the molecule is Cc1cc(C2=NOC(c3cc(Cl)cc(Cl)c3)(C(F)(F)F)C2)ccc1/C=N\OCC(=O)O. The van der Waals surface area contributed by atoms with Crippen molar-refractivity contribution in [2.24, 2.45) is 10.3 Å². The summed E-state index contributed by atoms with van der Waals surface area (Å²) in [5, 5.41) is 15.9. The Kier molecular flexibility index (Phi) is 6.47. The van der Waals surface area contributed by atoms with Crippen LogP contribution in [0, 0.1) is 6.92 Å². The van der Waals surface area contributed by atoms with Crippen LogP contribution in [0.4, 0.5) is 13.2 Å². The van der Waals surface area contributed by atoms with Gasteiger partial charge in [-0.3, -0.25) is 0 Å². The first-order valence-electron chi connectivity index (χ1n) is 8.78. The summed E-state index contributed by atoms with van der Waals surface area (Å²) in [4.78, 5) is 20.0. The van der Waals surface area contributed by atoms with Gasteiger partial charge in [-0.1, -0.05) is 45.6 Å². The maximum absolute atomic E-state index is 14.1. The molecular formula is C20H15Cl2F3N2O4. The number of halogens is 5. The van der Waals surface area contributed by atoms with Gasteiger partial charge in [-0.05, 0) is 47.9 Å². The van der Waals surface area contributed by atoms with Crippen LogP contribution in [0.3, 0.4) is 0 Å². The van der Waals surface area contributed by atoms with Crippen molar-refractivity contribution in [2.75, 3.05) is 6.61 Å². The van der Waals surface area contributed by atoms with Crippen LogP contribution in [0.5, 0.6) is 0 Å². The fourth-order valence-corrected chi connectivity index (χ4v) is 3.56. The first kappa shape index (κ1) is 22.9. The molecule has 0 amide bonds. The fraction of sp³-hybridized carbons (Fsp3) is 0.250. The molecule has 0 aliphatic carbocycles. The molecule has 0 saturated heterocycles. The second kappa shape index (κ2) is 8.76. The maximum Gasteiger partial charge on any atom is 0.435 e. The number of carbonyl (C=O) groups is 1. The lowest BCUT2D eigenvalue weighted by atomic mass is 9.86. The maximum atomic E-state index is 14.1. The zero-order chi connectivity index (χ0) is 22.8. The molecule has 6 nitrogen and oxygen atoms in total. The average molecular weight is 475 g/mol. The molecule has 1 heterocycles. The van der Waals surface area contributed by atoms with Gasteiger partial charge in [0.2, 0.25) is 6.61 Å². The molecule has 0 bridgehead atoms. The highest BCUT2D eigenvalue weighted by Gasteiger charge is 2.62. The molecule has 3 rings (SSSR count). The van der Waals surface area contributed by atoms with E-state index in [1.807, 2.05) is 0 Å². The molecule has 1 N–H and O–H groups in total. The highest BCUT2D eigenvalue weighted by Crippen LogP contribution is 2.49. The normalized spacial score (nSPS) is 18.7. The number of hydrogen-bond acceptors (Lipinski definition) is 5. The summed E-state index contributed by atoms with van der Waals surface area (Å²) >= 11 is 11.8. The molecule has 1 aliphatic heterocycles. The Morgan fingerprint density at radius 3 is 2.55 bits per heavy atom. The molecule has 0 aromatic heterocycles. The third kappa shape index (κ3) is 4.94. The Morgan fingerprint density at radius 2 is 1.97 bits per heavy atom. The first-order chi connectivity index (χ1) is 14.5. The number of benzene rings is 2. The van der Waals surface area contributed by atoms with Gasteiger partial charge in [-0.2, -0.15) is 13.2 Å². The van der Waals surface area contributed by atoms with E-state index in [1.54, 1.807) is 25.1 Å². The topological polar surface area (TPSA) is 80.5 Å². The first-order valence-corrected chi connectivity index (χ1v) is 9.54. The number of alkyl halides is 3. The second-order valence-electron chi connectivity index (χ2n) is 6.76. The van der Waals surface area contributed by atoms with Crippen LogP contribution in [-0.2, 0) is 20.1 Å². The lowest BCUT2D eigenvalue weighted by Gasteiger charge is -2.29. The summed E-state index contributed by atoms with van der Waals surface area (Å²) < 4.78 is 42.2. The van der Waals surface area contributed by atoms with Crippen molar-refractivity contribution in [3.05, 3.63) is 68.7 Å². The van der Waals surface area contributed by atoms with Gasteiger partial charge in [0.1, 0.15) is 0 Å². The molecule has 11 heteroatoms. The molecule has 164 valence electrons. The summed E-state index contributed by atoms with van der Waals surface area (Å²) in [6, 6.07) is 8.42. The Labute approximate surface area is 184 Å². The van der Waals surface area contributed by atoms with Crippen molar-refractivity contribution in [3.8, 4) is 0 Å². The van der Waals surface area contributed by atoms with Crippen molar-refractivity contribution >= 4 is 41.1 Å². The summed E-state index contributed by atoms with van der Waals surface area (Å²) in [6.45, 7) is 1.13. The highest BCUT2D eigenvalue weighted by atomic mass is 35.5. The van der Waals surface area contributed by atoms with E-state index < -0.39 is 30.8 Å².